The largest absolute Gasteiger partial charge is 0.381 e. The van der Waals surface area contributed by atoms with Crippen molar-refractivity contribution in [3.05, 3.63) is 0 Å². The van der Waals surface area contributed by atoms with Crippen molar-refractivity contribution in [2.75, 3.05) is 33.4 Å². The first-order valence-electron chi connectivity index (χ1n) is 5.35. The third kappa shape index (κ3) is 2.83. The number of carbonyl (C=O) groups is 1. The van der Waals surface area contributed by atoms with Crippen molar-refractivity contribution in [2.24, 2.45) is 5.92 Å². The van der Waals surface area contributed by atoms with E-state index in [1.807, 2.05) is 11.9 Å². The normalized spacial score (nSPS) is 30.3. The maximum Gasteiger partial charge on any atom is 0.228 e. The maximum absolute atomic E-state index is 11.9. The molecule has 0 aliphatic carbocycles. The molecule has 5 heteroatoms. The van der Waals surface area contributed by atoms with Gasteiger partial charge < -0.3 is 15.0 Å². The van der Waals surface area contributed by atoms with Crippen molar-refractivity contribution >= 4 is 18.3 Å². The molecule has 2 atom stereocenters. The predicted octanol–water partition coefficient (Wildman–Crippen LogP) is 0.265. The minimum absolute atomic E-state index is 0. The molecule has 0 aromatic carbocycles. The summed E-state index contributed by atoms with van der Waals surface area (Å²) < 4.78 is 5.23. The molecular formula is C10H19ClN2O2. The number of nitrogens with zero attached hydrogens (tertiary/aromatic N) is 1. The number of likely N-dealkylation sites (tertiary alicyclic amines) is 1. The van der Waals surface area contributed by atoms with Gasteiger partial charge in [0.15, 0.2) is 0 Å². The quantitative estimate of drug-likeness (QED) is 0.746. The van der Waals surface area contributed by atoms with Gasteiger partial charge in [-0.15, -0.1) is 12.4 Å². The van der Waals surface area contributed by atoms with Gasteiger partial charge in [-0.2, -0.15) is 0 Å². The molecule has 0 saturated carbocycles. The summed E-state index contributed by atoms with van der Waals surface area (Å²) in [5.41, 5.74) is 0. The standard InChI is InChI=1S/C10H18N2O2.ClH/c1-11-9-2-4-12(6-9)10(13)8-3-5-14-7-8;/h8-9,11H,2-7H2,1H3;1H. The highest BCUT2D eigenvalue weighted by Crippen LogP contribution is 2.18. The van der Waals surface area contributed by atoms with E-state index in [9.17, 15) is 4.79 Å². The van der Waals surface area contributed by atoms with Crippen molar-refractivity contribution in [2.45, 2.75) is 18.9 Å². The molecule has 15 heavy (non-hydrogen) atoms. The highest BCUT2D eigenvalue weighted by atomic mass is 35.5. The van der Waals surface area contributed by atoms with Gasteiger partial charge in [0.2, 0.25) is 5.91 Å². The van der Waals surface area contributed by atoms with E-state index in [4.69, 9.17) is 4.74 Å². The minimum atomic E-state index is 0. The van der Waals surface area contributed by atoms with Crippen LogP contribution in [-0.4, -0.2) is 50.2 Å². The number of nitrogens with one attached hydrogen (secondary N) is 1. The number of likely N-dealkylation sites (N-methyl/N-ethyl adjacent to an activating group) is 1. The third-order valence-electron chi connectivity index (χ3n) is 3.19. The fourth-order valence-corrected chi connectivity index (χ4v) is 2.18. The molecule has 2 unspecified atom stereocenters. The van der Waals surface area contributed by atoms with E-state index >= 15 is 0 Å². The Morgan fingerprint density at radius 3 is 2.80 bits per heavy atom. The molecule has 4 nitrogen and oxygen atoms in total. The van der Waals surface area contributed by atoms with Crippen molar-refractivity contribution in [3.8, 4) is 0 Å². The predicted molar refractivity (Wildman–Crippen MR) is 60.2 cm³/mol. The lowest BCUT2D eigenvalue weighted by Crippen LogP contribution is -2.37. The van der Waals surface area contributed by atoms with Crippen molar-refractivity contribution < 1.29 is 9.53 Å². The molecule has 1 N–H and O–H groups in total. The van der Waals surface area contributed by atoms with Crippen LogP contribution in [0.3, 0.4) is 0 Å². The average Bonchev–Trinajstić information content (AvgIpc) is 2.88. The van der Waals surface area contributed by atoms with E-state index in [1.165, 1.54) is 0 Å². The fraction of sp³-hybridized carbons (Fsp3) is 0.900. The van der Waals surface area contributed by atoms with E-state index in [0.717, 1.165) is 32.5 Å². The second-order valence-corrected chi connectivity index (χ2v) is 4.12. The van der Waals surface area contributed by atoms with Crippen molar-refractivity contribution in [1.29, 1.82) is 0 Å². The van der Waals surface area contributed by atoms with Crippen LogP contribution >= 0.6 is 12.4 Å². The summed E-state index contributed by atoms with van der Waals surface area (Å²) >= 11 is 0. The number of hydrogen-bond donors (Lipinski definition) is 1. The minimum Gasteiger partial charge on any atom is -0.381 e. The number of rotatable bonds is 2. The molecule has 88 valence electrons. The molecule has 0 radical (unpaired) electrons. The molecule has 0 spiro atoms. The van der Waals surface area contributed by atoms with Crippen LogP contribution < -0.4 is 5.32 Å². The Balaban J connectivity index is 0.00000112. The Hall–Kier alpha value is -0.320. The van der Waals surface area contributed by atoms with Crippen molar-refractivity contribution in [1.82, 2.24) is 10.2 Å². The Bertz CT molecular complexity index is 219. The summed E-state index contributed by atoms with van der Waals surface area (Å²) in [5, 5.41) is 3.21. The smallest absolute Gasteiger partial charge is 0.228 e. The van der Waals surface area contributed by atoms with Gasteiger partial charge in [0.25, 0.3) is 0 Å². The topological polar surface area (TPSA) is 41.6 Å². The first-order valence-corrected chi connectivity index (χ1v) is 5.35. The summed E-state index contributed by atoms with van der Waals surface area (Å²) in [6, 6.07) is 0.487. The maximum atomic E-state index is 11.9. The Morgan fingerprint density at radius 2 is 2.27 bits per heavy atom. The SMILES string of the molecule is CNC1CCN(C(=O)C2CCOC2)C1.Cl. The molecule has 0 bridgehead atoms. The highest BCUT2D eigenvalue weighted by molar-refractivity contribution is 5.85. The number of ether oxygens (including phenoxy) is 1. The first-order chi connectivity index (χ1) is 6.81. The van der Waals surface area contributed by atoms with Gasteiger partial charge in [-0.1, -0.05) is 0 Å². The van der Waals surface area contributed by atoms with E-state index in [2.05, 4.69) is 5.32 Å². The van der Waals surface area contributed by atoms with E-state index < -0.39 is 0 Å². The molecule has 2 saturated heterocycles. The third-order valence-corrected chi connectivity index (χ3v) is 3.19. The lowest BCUT2D eigenvalue weighted by atomic mass is 10.1. The second-order valence-electron chi connectivity index (χ2n) is 4.12. The van der Waals surface area contributed by atoms with Gasteiger partial charge in [0, 0.05) is 25.7 Å². The zero-order valence-electron chi connectivity index (χ0n) is 9.07. The van der Waals surface area contributed by atoms with Gasteiger partial charge in [-0.3, -0.25) is 4.79 Å². The average molecular weight is 235 g/mol. The monoisotopic (exact) mass is 234 g/mol. The van der Waals surface area contributed by atoms with Gasteiger partial charge in [0.05, 0.1) is 12.5 Å². The summed E-state index contributed by atoms with van der Waals surface area (Å²) in [5.74, 6) is 0.422. The zero-order chi connectivity index (χ0) is 9.97. The molecule has 0 aromatic heterocycles. The van der Waals surface area contributed by atoms with Crippen LogP contribution in [0.4, 0.5) is 0 Å². The highest BCUT2D eigenvalue weighted by Gasteiger charge is 2.32. The van der Waals surface area contributed by atoms with E-state index in [0.29, 0.717) is 18.6 Å². The summed E-state index contributed by atoms with van der Waals surface area (Å²) in [6.07, 6.45) is 1.98. The zero-order valence-corrected chi connectivity index (χ0v) is 9.89. The van der Waals surface area contributed by atoms with E-state index in [-0.39, 0.29) is 18.3 Å². The molecule has 2 aliphatic rings. The van der Waals surface area contributed by atoms with Gasteiger partial charge in [0.1, 0.15) is 0 Å². The van der Waals surface area contributed by atoms with E-state index in [1.54, 1.807) is 0 Å². The molecular weight excluding hydrogens is 216 g/mol. The Kier molecular flexibility index (Phi) is 4.83. The van der Waals surface area contributed by atoms with Crippen LogP contribution in [0.15, 0.2) is 0 Å². The number of amides is 1. The lowest BCUT2D eigenvalue weighted by molar-refractivity contribution is -0.134. The number of halogens is 1. The van der Waals surface area contributed by atoms with Crippen LogP contribution in [0, 0.1) is 5.92 Å². The fourth-order valence-electron chi connectivity index (χ4n) is 2.18. The first kappa shape index (κ1) is 12.7. The van der Waals surface area contributed by atoms with Crippen LogP contribution in [0.2, 0.25) is 0 Å². The molecule has 0 aromatic rings. The molecule has 1 amide bonds. The Labute approximate surface area is 96.7 Å². The van der Waals surface area contributed by atoms with Crippen LogP contribution in [0.1, 0.15) is 12.8 Å². The lowest BCUT2D eigenvalue weighted by Gasteiger charge is -2.19. The summed E-state index contributed by atoms with van der Waals surface area (Å²) in [7, 11) is 1.96. The van der Waals surface area contributed by atoms with Crippen LogP contribution in [-0.2, 0) is 9.53 Å². The van der Waals surface area contributed by atoms with Crippen LogP contribution in [0.5, 0.6) is 0 Å². The van der Waals surface area contributed by atoms with Gasteiger partial charge >= 0.3 is 0 Å². The molecule has 2 aliphatic heterocycles. The molecule has 2 rings (SSSR count). The Morgan fingerprint density at radius 1 is 1.47 bits per heavy atom. The van der Waals surface area contributed by atoms with Gasteiger partial charge in [-0.25, -0.2) is 0 Å². The number of carbonyl (C=O) groups excluding carboxylic acids is 1. The van der Waals surface area contributed by atoms with Crippen molar-refractivity contribution in [3.63, 3.8) is 0 Å². The summed E-state index contributed by atoms with van der Waals surface area (Å²) in [4.78, 5) is 13.9. The summed E-state index contributed by atoms with van der Waals surface area (Å²) in [6.45, 7) is 3.14. The molecule has 2 heterocycles. The van der Waals surface area contributed by atoms with Gasteiger partial charge in [-0.05, 0) is 19.9 Å². The molecule has 2 fully saturated rings. The van der Waals surface area contributed by atoms with Crippen LogP contribution in [0.25, 0.3) is 0 Å². The number of hydrogen-bond acceptors (Lipinski definition) is 3. The second kappa shape index (κ2) is 5.68.